The maximum Gasteiger partial charge on any atom is 0.288 e. The Morgan fingerprint density at radius 3 is 2.50 bits per heavy atom. The van der Waals surface area contributed by atoms with Crippen molar-refractivity contribution in [2.45, 2.75) is 33.1 Å². The van der Waals surface area contributed by atoms with Crippen LogP contribution in [0.4, 0.5) is 11.4 Å². The number of para-hydroxylation sites is 3. The number of hydrogen-bond donors (Lipinski definition) is 0. The predicted octanol–water partition coefficient (Wildman–Crippen LogP) is 4.55. The fraction of sp³-hybridized carbons (Fsp3) is 0.333. The van der Waals surface area contributed by atoms with Crippen LogP contribution in [0.5, 0.6) is 11.5 Å². The van der Waals surface area contributed by atoms with E-state index in [4.69, 9.17) is 9.02 Å². The van der Waals surface area contributed by atoms with E-state index in [1.165, 1.54) is 5.06 Å². The van der Waals surface area contributed by atoms with Crippen LogP contribution in [0.1, 0.15) is 32.3 Å². The summed E-state index contributed by atoms with van der Waals surface area (Å²) >= 11 is 0. The lowest BCUT2D eigenvalue weighted by atomic mass is 10.1. The van der Waals surface area contributed by atoms with Crippen LogP contribution in [0, 0.1) is 0 Å². The molecular weight excluding hydrogens is 326 g/mol. The van der Waals surface area contributed by atoms with Crippen LogP contribution in [0.15, 0.2) is 42.5 Å². The molecule has 1 heterocycles. The van der Waals surface area contributed by atoms with Crippen molar-refractivity contribution >= 4 is 21.5 Å². The van der Waals surface area contributed by atoms with Gasteiger partial charge < -0.3 is 4.74 Å². The molecule has 0 unspecified atom stereocenters. The second kappa shape index (κ2) is 6.83. The van der Waals surface area contributed by atoms with Gasteiger partial charge in [-0.2, -0.15) is 13.5 Å². The number of rotatable bonds is 6. The number of anilines is 2. The molecule has 0 saturated carbocycles. The quantitative estimate of drug-likeness (QED) is 0.767. The van der Waals surface area contributed by atoms with Crippen LogP contribution < -0.4 is 9.80 Å². The highest BCUT2D eigenvalue weighted by molar-refractivity contribution is 7.86. The van der Waals surface area contributed by atoms with Crippen LogP contribution in [-0.2, 0) is 20.8 Å². The average Bonchev–Trinajstić information content (AvgIpc) is 2.55. The van der Waals surface area contributed by atoms with Crippen LogP contribution in [0.3, 0.4) is 0 Å². The Kier molecular flexibility index (Phi) is 4.78. The summed E-state index contributed by atoms with van der Waals surface area (Å²) < 4.78 is 35.9. The summed E-state index contributed by atoms with van der Waals surface area (Å²) in [5, 5.41) is 1.37. The van der Waals surface area contributed by atoms with E-state index < -0.39 is 10.1 Å². The van der Waals surface area contributed by atoms with Crippen molar-refractivity contribution in [3.05, 3.63) is 48.0 Å². The van der Waals surface area contributed by atoms with E-state index in [2.05, 4.69) is 6.92 Å². The first kappa shape index (κ1) is 16.8. The highest BCUT2D eigenvalue weighted by Crippen LogP contribution is 2.48. The Hall–Kier alpha value is -2.05. The first-order chi connectivity index (χ1) is 11.6. The molecule has 1 aliphatic heterocycles. The molecule has 24 heavy (non-hydrogen) atoms. The van der Waals surface area contributed by atoms with Crippen molar-refractivity contribution in [1.29, 1.82) is 0 Å². The summed E-state index contributed by atoms with van der Waals surface area (Å²) in [6, 6.07) is 13.0. The van der Waals surface area contributed by atoms with Gasteiger partial charge in [-0.15, -0.1) is 4.28 Å². The minimum atomic E-state index is -3.67. The molecule has 0 atom stereocenters. The summed E-state index contributed by atoms with van der Waals surface area (Å²) in [6.45, 7) is 3.90. The third-order valence-corrected chi connectivity index (χ3v) is 5.04. The molecule has 3 rings (SSSR count). The third-order valence-electron chi connectivity index (χ3n) is 3.75. The first-order valence-corrected chi connectivity index (χ1v) is 9.74. The molecular formula is C18H21NO4S. The molecule has 0 saturated heterocycles. The van der Waals surface area contributed by atoms with Crippen LogP contribution >= 0.6 is 0 Å². The van der Waals surface area contributed by atoms with Crippen molar-refractivity contribution in [2.75, 3.05) is 10.8 Å². The molecule has 1 aliphatic rings. The van der Waals surface area contributed by atoms with Gasteiger partial charge in [0.25, 0.3) is 10.1 Å². The maximum absolute atomic E-state index is 12.2. The SMILES string of the molecule is CCCc1cccc2c1Oc1ccccc1N2OS(=O)(=O)CCC. The van der Waals surface area contributed by atoms with E-state index in [0.717, 1.165) is 18.4 Å². The fourth-order valence-electron chi connectivity index (χ4n) is 2.75. The smallest absolute Gasteiger partial charge is 0.288 e. The van der Waals surface area contributed by atoms with Gasteiger partial charge in [0.15, 0.2) is 11.5 Å². The second-order valence-corrected chi connectivity index (χ2v) is 7.39. The number of aryl methyl sites for hydroxylation is 1. The molecule has 128 valence electrons. The number of nitrogens with zero attached hydrogens (tertiary/aromatic N) is 1. The number of hydrogen-bond acceptors (Lipinski definition) is 5. The summed E-state index contributed by atoms with van der Waals surface area (Å²) in [6.07, 6.45) is 2.31. The molecule has 2 aromatic rings. The van der Waals surface area contributed by atoms with Gasteiger partial charge in [-0.1, -0.05) is 44.5 Å². The lowest BCUT2D eigenvalue weighted by molar-refractivity contribution is 0.307. The molecule has 0 bridgehead atoms. The monoisotopic (exact) mass is 347 g/mol. The molecule has 0 N–H and O–H groups in total. The zero-order valence-electron chi connectivity index (χ0n) is 13.9. The van der Waals surface area contributed by atoms with Gasteiger partial charge in [0.2, 0.25) is 0 Å². The molecule has 0 amide bonds. The Morgan fingerprint density at radius 1 is 1.00 bits per heavy atom. The highest BCUT2D eigenvalue weighted by Gasteiger charge is 2.30. The van der Waals surface area contributed by atoms with Gasteiger partial charge in [-0.3, -0.25) is 0 Å². The summed E-state index contributed by atoms with van der Waals surface area (Å²) in [4.78, 5) is 0. The Bertz CT molecular complexity index is 833. The topological polar surface area (TPSA) is 55.8 Å². The first-order valence-electron chi connectivity index (χ1n) is 8.17. The van der Waals surface area contributed by atoms with Crippen LogP contribution in [0.2, 0.25) is 0 Å². The minimum absolute atomic E-state index is 0.0312. The zero-order valence-corrected chi connectivity index (χ0v) is 14.7. The summed E-state index contributed by atoms with van der Waals surface area (Å²) in [5.41, 5.74) is 2.23. The molecule has 0 aromatic heterocycles. The van der Waals surface area contributed by atoms with E-state index in [9.17, 15) is 8.42 Å². The Labute approximate surface area is 142 Å². The van der Waals surface area contributed by atoms with E-state index in [1.54, 1.807) is 6.07 Å². The third kappa shape index (κ3) is 3.25. The molecule has 0 fully saturated rings. The van der Waals surface area contributed by atoms with E-state index >= 15 is 0 Å². The van der Waals surface area contributed by atoms with Gasteiger partial charge in [0.1, 0.15) is 11.4 Å². The molecule has 0 spiro atoms. The van der Waals surface area contributed by atoms with Crippen molar-refractivity contribution in [2.24, 2.45) is 0 Å². The van der Waals surface area contributed by atoms with Gasteiger partial charge in [0.05, 0.1) is 5.75 Å². The Morgan fingerprint density at radius 2 is 1.75 bits per heavy atom. The van der Waals surface area contributed by atoms with Gasteiger partial charge in [0, 0.05) is 0 Å². The molecule has 0 radical (unpaired) electrons. The predicted molar refractivity (Wildman–Crippen MR) is 94.3 cm³/mol. The van der Waals surface area contributed by atoms with Gasteiger partial charge >= 0.3 is 0 Å². The maximum atomic E-state index is 12.2. The molecule has 6 heteroatoms. The lowest BCUT2D eigenvalue weighted by Crippen LogP contribution is -2.27. The van der Waals surface area contributed by atoms with E-state index in [0.29, 0.717) is 29.3 Å². The standard InChI is InChI=1S/C18H21NO4S/c1-3-8-14-9-7-11-16-18(14)22-17-12-6-5-10-15(17)19(16)23-24(20,21)13-4-2/h5-7,9-12H,3-4,8,13H2,1-2H3. The largest absolute Gasteiger partial charge is 0.452 e. The summed E-state index contributed by atoms with van der Waals surface area (Å²) in [5.74, 6) is 1.21. The van der Waals surface area contributed by atoms with Crippen molar-refractivity contribution in [3.63, 3.8) is 0 Å². The lowest BCUT2D eigenvalue weighted by Gasteiger charge is -2.31. The highest BCUT2D eigenvalue weighted by atomic mass is 32.2. The van der Waals surface area contributed by atoms with Crippen molar-refractivity contribution in [1.82, 2.24) is 0 Å². The van der Waals surface area contributed by atoms with E-state index in [-0.39, 0.29) is 5.75 Å². The number of benzene rings is 2. The van der Waals surface area contributed by atoms with Gasteiger partial charge in [-0.25, -0.2) is 0 Å². The van der Waals surface area contributed by atoms with Crippen LogP contribution in [-0.4, -0.2) is 14.2 Å². The molecule has 0 aliphatic carbocycles. The molecule has 2 aromatic carbocycles. The van der Waals surface area contributed by atoms with Crippen LogP contribution in [0.25, 0.3) is 0 Å². The van der Waals surface area contributed by atoms with Crippen molar-refractivity contribution in [3.8, 4) is 11.5 Å². The second-order valence-electron chi connectivity index (χ2n) is 5.72. The van der Waals surface area contributed by atoms with Gasteiger partial charge in [-0.05, 0) is 36.6 Å². The average molecular weight is 347 g/mol. The number of fused-ring (bicyclic) bond motifs is 2. The van der Waals surface area contributed by atoms with Crippen molar-refractivity contribution < 1.29 is 17.4 Å². The minimum Gasteiger partial charge on any atom is -0.452 e. The Balaban J connectivity index is 2.10. The zero-order chi connectivity index (χ0) is 17.2. The fourth-order valence-corrected chi connectivity index (χ4v) is 3.71. The molecule has 5 nitrogen and oxygen atoms in total. The van der Waals surface area contributed by atoms with E-state index in [1.807, 2.05) is 43.3 Å². The normalized spacial score (nSPS) is 13.2. The summed E-state index contributed by atoms with van der Waals surface area (Å²) in [7, 11) is -3.67. The number of ether oxygens (including phenoxy) is 1.